The average molecular weight is 495 g/mol. The molecule has 4 rings (SSSR count). The van der Waals surface area contributed by atoms with Gasteiger partial charge in [-0.3, -0.25) is 4.79 Å². The van der Waals surface area contributed by atoms with Crippen molar-refractivity contribution in [1.29, 1.82) is 0 Å². The van der Waals surface area contributed by atoms with Crippen molar-refractivity contribution in [2.75, 3.05) is 34.4 Å². The number of alkyl halides is 3. The van der Waals surface area contributed by atoms with Crippen molar-refractivity contribution in [3.05, 3.63) is 53.6 Å². The van der Waals surface area contributed by atoms with Gasteiger partial charge in [0, 0.05) is 35.0 Å². The van der Waals surface area contributed by atoms with Crippen molar-refractivity contribution in [2.45, 2.75) is 41.1 Å². The maximum absolute atomic E-state index is 12.8. The second-order valence-electron chi connectivity index (χ2n) is 9.14. The molecule has 5 nitrogen and oxygen atoms in total. The molecule has 184 valence electrons. The lowest BCUT2D eigenvalue weighted by molar-refractivity contribution is -0.0328. The Hall–Kier alpha value is -2.39. The zero-order valence-electron chi connectivity index (χ0n) is 19.4. The molecule has 1 saturated heterocycles. The average Bonchev–Trinajstić information content (AvgIpc) is 3.14. The number of rotatable bonds is 6. The van der Waals surface area contributed by atoms with E-state index in [1.54, 1.807) is 14.2 Å². The molecular formula is C25H29F3N2O3S. The molecule has 1 N–H and O–H groups in total. The molecule has 34 heavy (non-hydrogen) atoms. The normalized spacial score (nSPS) is 25.0. The van der Waals surface area contributed by atoms with Crippen LogP contribution in [0.25, 0.3) is 0 Å². The number of thioether (sulfide) groups is 1. The number of amides is 1. The van der Waals surface area contributed by atoms with Crippen LogP contribution in [-0.4, -0.2) is 56.7 Å². The number of hydrogen-bond acceptors (Lipinski definition) is 5. The van der Waals surface area contributed by atoms with E-state index in [0.29, 0.717) is 23.0 Å². The number of carbonyl (C=O) groups is 1. The molecular weight excluding hydrogens is 465 g/mol. The predicted molar refractivity (Wildman–Crippen MR) is 126 cm³/mol. The van der Waals surface area contributed by atoms with E-state index in [4.69, 9.17) is 9.47 Å². The summed E-state index contributed by atoms with van der Waals surface area (Å²) in [4.78, 5) is 15.2. The Kier molecular flexibility index (Phi) is 7.05. The number of benzene rings is 2. The van der Waals surface area contributed by atoms with E-state index in [2.05, 4.69) is 29.4 Å². The highest BCUT2D eigenvalue weighted by Gasteiger charge is 2.50. The highest BCUT2D eigenvalue weighted by atomic mass is 32.2. The van der Waals surface area contributed by atoms with Crippen LogP contribution in [0, 0.1) is 5.92 Å². The van der Waals surface area contributed by atoms with Crippen LogP contribution in [0.15, 0.2) is 47.4 Å². The molecule has 2 aromatic rings. The molecule has 0 spiro atoms. The second-order valence-corrected chi connectivity index (χ2v) is 10.3. The summed E-state index contributed by atoms with van der Waals surface area (Å²) in [5, 5.41) is 3.11. The molecule has 9 heteroatoms. The summed E-state index contributed by atoms with van der Waals surface area (Å²) < 4.78 is 48.6. The molecule has 2 fully saturated rings. The SMILES string of the molecule is COc1ccc([C@]23CC[C@H](NC(=O)c4ccc(SC(F)(F)F)cc4)C[C@@H]2CN(C)C3)cc1OC. The lowest BCUT2D eigenvalue weighted by Crippen LogP contribution is -2.47. The number of methoxy groups -OCH3 is 2. The number of nitrogens with one attached hydrogen (secondary N) is 1. The van der Waals surface area contributed by atoms with Crippen LogP contribution in [0.5, 0.6) is 11.5 Å². The minimum Gasteiger partial charge on any atom is -0.493 e. The molecule has 2 aromatic carbocycles. The van der Waals surface area contributed by atoms with Crippen LogP contribution in [-0.2, 0) is 5.41 Å². The van der Waals surface area contributed by atoms with Gasteiger partial charge in [0.25, 0.3) is 5.91 Å². The second kappa shape index (κ2) is 9.70. The van der Waals surface area contributed by atoms with E-state index in [1.807, 2.05) is 6.07 Å². The Labute approximate surface area is 202 Å². The van der Waals surface area contributed by atoms with Crippen LogP contribution in [0.2, 0.25) is 0 Å². The van der Waals surface area contributed by atoms with E-state index < -0.39 is 5.51 Å². The highest BCUT2D eigenvalue weighted by Crippen LogP contribution is 2.49. The minimum absolute atomic E-state index is 0.0153. The van der Waals surface area contributed by atoms with Crippen molar-refractivity contribution < 1.29 is 27.4 Å². The minimum atomic E-state index is -4.35. The van der Waals surface area contributed by atoms with E-state index in [-0.39, 0.29) is 34.0 Å². The first-order chi connectivity index (χ1) is 16.1. The standard InChI is InChI=1S/C25H29F3N2O3S/c1-30-14-18-12-19(29-23(31)16-4-7-20(8-5-16)34-25(26,27)28)10-11-24(18,15-30)17-6-9-21(32-2)22(13-17)33-3/h4-9,13,18-19H,10-12,14-15H2,1-3H3,(H,29,31)/t18-,19+,24-/m1/s1. The van der Waals surface area contributed by atoms with Gasteiger partial charge in [0.1, 0.15) is 0 Å². The Morgan fingerprint density at radius 1 is 1.12 bits per heavy atom. The summed E-state index contributed by atoms with van der Waals surface area (Å²) in [5.41, 5.74) is -2.78. The van der Waals surface area contributed by atoms with E-state index in [1.165, 1.54) is 29.8 Å². The molecule has 1 saturated carbocycles. The zero-order valence-corrected chi connectivity index (χ0v) is 20.3. The van der Waals surface area contributed by atoms with Crippen LogP contribution < -0.4 is 14.8 Å². The number of carbonyl (C=O) groups excluding carboxylic acids is 1. The number of likely N-dealkylation sites (N-methyl/N-ethyl adjacent to an activating group) is 1. The number of nitrogens with zero attached hydrogens (tertiary/aromatic N) is 1. The predicted octanol–water partition coefficient (Wildman–Crippen LogP) is 5.10. The Morgan fingerprint density at radius 2 is 1.82 bits per heavy atom. The van der Waals surface area contributed by atoms with Crippen LogP contribution in [0.1, 0.15) is 35.2 Å². The van der Waals surface area contributed by atoms with Gasteiger partial charge < -0.3 is 19.7 Å². The Bertz CT molecular complexity index is 1030. The van der Waals surface area contributed by atoms with Gasteiger partial charge in [-0.05, 0) is 86.0 Å². The van der Waals surface area contributed by atoms with Gasteiger partial charge in [-0.15, -0.1) is 0 Å². The summed E-state index contributed by atoms with van der Waals surface area (Å²) in [5.74, 6) is 1.52. The van der Waals surface area contributed by atoms with Gasteiger partial charge in [-0.2, -0.15) is 13.2 Å². The molecule has 0 radical (unpaired) electrons. The van der Waals surface area contributed by atoms with E-state index in [9.17, 15) is 18.0 Å². The molecule has 3 atom stereocenters. The van der Waals surface area contributed by atoms with Gasteiger partial charge in [-0.25, -0.2) is 0 Å². The van der Waals surface area contributed by atoms with Gasteiger partial charge in [0.2, 0.25) is 0 Å². The first-order valence-corrected chi connectivity index (χ1v) is 12.0. The molecule has 2 aliphatic rings. The lowest BCUT2D eigenvalue weighted by atomic mass is 9.63. The number of halogens is 3. The Morgan fingerprint density at radius 3 is 2.47 bits per heavy atom. The fraction of sp³-hybridized carbons (Fsp3) is 0.480. The molecule has 1 heterocycles. The fourth-order valence-electron chi connectivity index (χ4n) is 5.53. The van der Waals surface area contributed by atoms with E-state index >= 15 is 0 Å². The fourth-order valence-corrected chi connectivity index (χ4v) is 6.07. The lowest BCUT2D eigenvalue weighted by Gasteiger charge is -2.43. The first kappa shape index (κ1) is 24.7. The quantitative estimate of drug-likeness (QED) is 0.567. The first-order valence-electron chi connectivity index (χ1n) is 11.2. The molecule has 0 bridgehead atoms. The smallest absolute Gasteiger partial charge is 0.446 e. The zero-order chi connectivity index (χ0) is 24.5. The summed E-state index contributed by atoms with van der Waals surface area (Å²) in [6.45, 7) is 1.87. The maximum Gasteiger partial charge on any atom is 0.446 e. The third kappa shape index (κ3) is 5.15. The highest BCUT2D eigenvalue weighted by molar-refractivity contribution is 8.00. The van der Waals surface area contributed by atoms with Crippen molar-refractivity contribution >= 4 is 17.7 Å². The van der Waals surface area contributed by atoms with Crippen molar-refractivity contribution in [3.63, 3.8) is 0 Å². The van der Waals surface area contributed by atoms with Crippen LogP contribution in [0.4, 0.5) is 13.2 Å². The van der Waals surface area contributed by atoms with Gasteiger partial charge in [0.15, 0.2) is 11.5 Å². The molecule has 0 aromatic heterocycles. The number of ether oxygens (including phenoxy) is 2. The third-order valence-electron chi connectivity index (χ3n) is 7.02. The van der Waals surface area contributed by atoms with Gasteiger partial charge >= 0.3 is 5.51 Å². The molecule has 1 aliphatic carbocycles. The van der Waals surface area contributed by atoms with Crippen LogP contribution in [0.3, 0.4) is 0 Å². The van der Waals surface area contributed by atoms with Crippen molar-refractivity contribution in [1.82, 2.24) is 10.2 Å². The maximum atomic E-state index is 12.8. The van der Waals surface area contributed by atoms with Gasteiger partial charge in [-0.1, -0.05) is 6.07 Å². The monoisotopic (exact) mass is 494 g/mol. The van der Waals surface area contributed by atoms with Crippen molar-refractivity contribution in [3.8, 4) is 11.5 Å². The van der Waals surface area contributed by atoms with Crippen LogP contribution >= 0.6 is 11.8 Å². The molecule has 1 aliphatic heterocycles. The number of fused-ring (bicyclic) bond motifs is 1. The summed E-state index contributed by atoms with van der Waals surface area (Å²) in [6.07, 6.45) is 2.59. The van der Waals surface area contributed by atoms with Crippen molar-refractivity contribution in [2.24, 2.45) is 5.92 Å². The largest absolute Gasteiger partial charge is 0.493 e. The number of hydrogen-bond donors (Lipinski definition) is 1. The Balaban J connectivity index is 1.46. The molecule has 1 amide bonds. The summed E-state index contributed by atoms with van der Waals surface area (Å²) in [6, 6.07) is 11.7. The van der Waals surface area contributed by atoms with E-state index in [0.717, 1.165) is 32.4 Å². The topological polar surface area (TPSA) is 50.8 Å². The number of likely N-dealkylation sites (tertiary alicyclic amines) is 1. The summed E-state index contributed by atoms with van der Waals surface area (Å²) >= 11 is -0.183. The van der Waals surface area contributed by atoms with Gasteiger partial charge in [0.05, 0.1) is 14.2 Å². The molecule has 0 unspecified atom stereocenters. The third-order valence-corrected chi connectivity index (χ3v) is 7.76. The summed E-state index contributed by atoms with van der Waals surface area (Å²) in [7, 11) is 5.38.